The second kappa shape index (κ2) is 7.95. The molecule has 7 heteroatoms. The van der Waals surface area contributed by atoms with Crippen LogP contribution in [0.1, 0.15) is 56.6 Å². The number of aromatic nitrogens is 3. The molecule has 3 N–H and O–H groups in total. The summed E-state index contributed by atoms with van der Waals surface area (Å²) in [5.41, 5.74) is 5.98. The van der Waals surface area contributed by atoms with E-state index < -0.39 is 0 Å². The van der Waals surface area contributed by atoms with Gasteiger partial charge < -0.3 is 15.6 Å². The fourth-order valence-electron chi connectivity index (χ4n) is 3.14. The van der Waals surface area contributed by atoms with Gasteiger partial charge in [0, 0.05) is 19.0 Å². The second-order valence-corrected chi connectivity index (χ2v) is 5.82. The largest absolute Gasteiger partial charge is 0.370 e. The highest BCUT2D eigenvalue weighted by Gasteiger charge is 2.16. The zero-order valence-corrected chi connectivity index (χ0v) is 14.8. The predicted octanol–water partition coefficient (Wildman–Crippen LogP) is 1.97. The molecule has 1 aliphatic heterocycles. The Balaban J connectivity index is 0.00000161. The van der Waals surface area contributed by atoms with E-state index in [1.54, 1.807) is 0 Å². The molecule has 1 aliphatic carbocycles. The first-order valence-electron chi connectivity index (χ1n) is 7.80. The fourth-order valence-corrected chi connectivity index (χ4v) is 3.14. The van der Waals surface area contributed by atoms with E-state index in [-0.39, 0.29) is 24.0 Å². The van der Waals surface area contributed by atoms with Gasteiger partial charge in [-0.25, -0.2) is 4.99 Å². The van der Waals surface area contributed by atoms with Crippen molar-refractivity contribution >= 4 is 29.9 Å². The average Bonchev–Trinajstić information content (AvgIpc) is 2.89. The van der Waals surface area contributed by atoms with Crippen LogP contribution in [0.5, 0.6) is 0 Å². The van der Waals surface area contributed by atoms with Crippen LogP contribution in [0.25, 0.3) is 0 Å². The minimum Gasteiger partial charge on any atom is -0.370 e. The van der Waals surface area contributed by atoms with Crippen molar-refractivity contribution in [1.82, 2.24) is 20.1 Å². The first kappa shape index (κ1) is 16.5. The Bertz CT molecular complexity index is 478. The van der Waals surface area contributed by atoms with Crippen molar-refractivity contribution in [2.75, 3.05) is 0 Å². The third kappa shape index (κ3) is 4.31. The maximum atomic E-state index is 5.98. The van der Waals surface area contributed by atoms with Crippen LogP contribution in [0.3, 0.4) is 0 Å². The quantitative estimate of drug-likeness (QED) is 0.459. The molecule has 1 aromatic heterocycles. The van der Waals surface area contributed by atoms with Gasteiger partial charge in [-0.15, -0.1) is 34.2 Å². The van der Waals surface area contributed by atoms with Crippen molar-refractivity contribution in [2.45, 2.75) is 70.5 Å². The normalized spacial score (nSPS) is 19.7. The number of hydrogen-bond donors (Lipinski definition) is 2. The fraction of sp³-hybridized carbons (Fsp3) is 0.786. The lowest BCUT2D eigenvalue weighted by Gasteiger charge is -2.23. The summed E-state index contributed by atoms with van der Waals surface area (Å²) in [6, 6.07) is 0.500. The number of nitrogens with two attached hydrogens (primary N) is 1. The van der Waals surface area contributed by atoms with Crippen molar-refractivity contribution in [1.29, 1.82) is 0 Å². The molecule has 0 unspecified atom stereocenters. The summed E-state index contributed by atoms with van der Waals surface area (Å²) >= 11 is 0. The lowest BCUT2D eigenvalue weighted by Crippen LogP contribution is -2.41. The van der Waals surface area contributed by atoms with Gasteiger partial charge in [0.05, 0.1) is 0 Å². The van der Waals surface area contributed by atoms with E-state index in [2.05, 4.69) is 25.1 Å². The highest BCUT2D eigenvalue weighted by Crippen LogP contribution is 2.17. The molecule has 6 nitrogen and oxygen atoms in total. The number of nitrogens with zero attached hydrogens (tertiary/aromatic N) is 4. The Hall–Kier alpha value is -0.860. The molecule has 3 rings (SSSR count). The molecule has 0 radical (unpaired) electrons. The summed E-state index contributed by atoms with van der Waals surface area (Å²) < 4.78 is 2.20. The smallest absolute Gasteiger partial charge is 0.189 e. The maximum Gasteiger partial charge on any atom is 0.189 e. The molecule has 2 aliphatic rings. The molecule has 0 aromatic carbocycles. The van der Waals surface area contributed by atoms with E-state index in [1.807, 2.05) is 0 Å². The van der Waals surface area contributed by atoms with Gasteiger partial charge in [0.25, 0.3) is 0 Å². The Labute approximate surface area is 143 Å². The van der Waals surface area contributed by atoms with Crippen LogP contribution in [-0.4, -0.2) is 26.8 Å². The van der Waals surface area contributed by atoms with Crippen LogP contribution in [0.2, 0.25) is 0 Å². The summed E-state index contributed by atoms with van der Waals surface area (Å²) in [6.07, 6.45) is 9.80. The molecule has 21 heavy (non-hydrogen) atoms. The van der Waals surface area contributed by atoms with Crippen molar-refractivity contribution in [3.63, 3.8) is 0 Å². The molecule has 0 saturated heterocycles. The van der Waals surface area contributed by atoms with Crippen LogP contribution in [0.15, 0.2) is 4.99 Å². The molecule has 0 amide bonds. The summed E-state index contributed by atoms with van der Waals surface area (Å²) in [5.74, 6) is 2.58. The summed E-state index contributed by atoms with van der Waals surface area (Å²) in [5, 5.41) is 11.8. The van der Waals surface area contributed by atoms with Gasteiger partial charge in [-0.05, 0) is 25.7 Å². The number of aryl methyl sites for hydroxylation is 1. The van der Waals surface area contributed by atoms with Gasteiger partial charge >= 0.3 is 0 Å². The van der Waals surface area contributed by atoms with Gasteiger partial charge in [-0.3, -0.25) is 0 Å². The highest BCUT2D eigenvalue weighted by atomic mass is 127. The molecular weight excluding hydrogens is 379 g/mol. The molecule has 0 atom stereocenters. The Morgan fingerprint density at radius 2 is 2.00 bits per heavy atom. The van der Waals surface area contributed by atoms with Crippen LogP contribution >= 0.6 is 24.0 Å². The third-order valence-electron chi connectivity index (χ3n) is 4.28. The topological polar surface area (TPSA) is 81.1 Å². The monoisotopic (exact) mass is 404 g/mol. The number of hydrogen-bond acceptors (Lipinski definition) is 3. The van der Waals surface area contributed by atoms with E-state index in [0.29, 0.717) is 18.5 Å². The predicted molar refractivity (Wildman–Crippen MR) is 93.7 cm³/mol. The van der Waals surface area contributed by atoms with Crippen LogP contribution < -0.4 is 11.1 Å². The molecular formula is C14H25IN6. The molecule has 2 heterocycles. The van der Waals surface area contributed by atoms with Gasteiger partial charge in [0.2, 0.25) is 0 Å². The SMILES string of the molecule is I.NC(=NCc1nnc2n1CCCC2)NC1CCCCC1. The zero-order chi connectivity index (χ0) is 13.8. The zero-order valence-electron chi connectivity index (χ0n) is 12.4. The maximum absolute atomic E-state index is 5.98. The van der Waals surface area contributed by atoms with Gasteiger partial charge in [-0.2, -0.15) is 0 Å². The minimum absolute atomic E-state index is 0. The number of nitrogens with one attached hydrogen (secondary N) is 1. The molecule has 1 saturated carbocycles. The number of fused-ring (bicyclic) bond motifs is 1. The first-order chi connectivity index (χ1) is 9.83. The Morgan fingerprint density at radius 3 is 2.81 bits per heavy atom. The van der Waals surface area contributed by atoms with Gasteiger partial charge in [0.1, 0.15) is 12.4 Å². The van der Waals surface area contributed by atoms with Crippen LogP contribution in [0, 0.1) is 0 Å². The molecule has 118 valence electrons. The molecule has 0 spiro atoms. The summed E-state index contributed by atoms with van der Waals surface area (Å²) in [6.45, 7) is 1.54. The second-order valence-electron chi connectivity index (χ2n) is 5.82. The molecule has 0 bridgehead atoms. The average molecular weight is 404 g/mol. The van der Waals surface area contributed by atoms with E-state index in [0.717, 1.165) is 24.6 Å². The lowest BCUT2D eigenvalue weighted by atomic mass is 9.96. The van der Waals surface area contributed by atoms with Crippen molar-refractivity contribution in [2.24, 2.45) is 10.7 Å². The Kier molecular flexibility index (Phi) is 6.25. The van der Waals surface area contributed by atoms with Crippen molar-refractivity contribution in [3.8, 4) is 0 Å². The number of halogens is 1. The lowest BCUT2D eigenvalue weighted by molar-refractivity contribution is 0.412. The third-order valence-corrected chi connectivity index (χ3v) is 4.28. The molecule has 1 aromatic rings. The van der Waals surface area contributed by atoms with Crippen LogP contribution in [0.4, 0.5) is 0 Å². The Morgan fingerprint density at radius 1 is 1.19 bits per heavy atom. The van der Waals surface area contributed by atoms with Gasteiger partial charge in [0.15, 0.2) is 11.8 Å². The van der Waals surface area contributed by atoms with E-state index in [4.69, 9.17) is 5.73 Å². The number of rotatable bonds is 3. The van der Waals surface area contributed by atoms with E-state index >= 15 is 0 Å². The van der Waals surface area contributed by atoms with Crippen molar-refractivity contribution < 1.29 is 0 Å². The number of guanidine groups is 1. The van der Waals surface area contributed by atoms with Crippen molar-refractivity contribution in [3.05, 3.63) is 11.6 Å². The number of aliphatic imine (C=N–C) groups is 1. The summed E-state index contributed by atoms with van der Waals surface area (Å²) in [4.78, 5) is 4.43. The molecule has 1 fully saturated rings. The standard InChI is InChI=1S/C14H24N6.HI/c15-14(17-11-6-2-1-3-7-11)16-10-13-19-18-12-8-4-5-9-20(12)13;/h11H,1-10H2,(H3,15,16,17);1H. The van der Waals surface area contributed by atoms with Gasteiger partial charge in [-0.1, -0.05) is 19.3 Å². The minimum atomic E-state index is 0. The van der Waals surface area contributed by atoms with E-state index in [9.17, 15) is 0 Å². The highest BCUT2D eigenvalue weighted by molar-refractivity contribution is 14.0. The first-order valence-corrected chi connectivity index (χ1v) is 7.80. The summed E-state index contributed by atoms with van der Waals surface area (Å²) in [7, 11) is 0. The van der Waals surface area contributed by atoms with Crippen LogP contribution in [-0.2, 0) is 19.5 Å². The van der Waals surface area contributed by atoms with E-state index in [1.165, 1.54) is 44.9 Å².